The molecule has 1 aliphatic rings. The van der Waals surface area contributed by atoms with Gasteiger partial charge < -0.3 is 74.1 Å². The zero-order valence-corrected chi connectivity index (χ0v) is 35.6. The van der Waals surface area contributed by atoms with Crippen LogP contribution in [0.3, 0.4) is 0 Å². The van der Waals surface area contributed by atoms with Crippen molar-refractivity contribution in [1.82, 2.24) is 15.0 Å². The minimum absolute atomic E-state index is 0.0116. The first-order chi connectivity index (χ1) is 31.5. The van der Waals surface area contributed by atoms with Crippen LogP contribution in [-0.2, 0) is 23.9 Å². The lowest BCUT2D eigenvalue weighted by Crippen LogP contribution is -2.83. The number of aromatic hydroxyl groups is 1. The maximum Gasteiger partial charge on any atom is 0.337 e. The lowest BCUT2D eigenvalue weighted by atomic mass is 9.68. The van der Waals surface area contributed by atoms with Gasteiger partial charge in [0.1, 0.15) is 35.3 Å². The number of H-pyrrole nitrogens is 1. The van der Waals surface area contributed by atoms with Gasteiger partial charge in [0.15, 0.2) is 22.7 Å². The van der Waals surface area contributed by atoms with Crippen molar-refractivity contribution in [3.63, 3.8) is 0 Å². The van der Waals surface area contributed by atoms with Gasteiger partial charge in [-0.05, 0) is 74.7 Å². The fourth-order valence-electron chi connectivity index (χ4n) is 8.28. The maximum absolute atomic E-state index is 13.7. The summed E-state index contributed by atoms with van der Waals surface area (Å²) in [7, 11) is 0. The molecule has 6 aromatic rings. The number of esters is 1. The number of carbonyl (C=O) groups excluding carboxylic acids is 2. The number of aliphatic hydroxyl groups excluding tert-OH is 4. The number of hydrogen-bond acceptors (Lipinski definition) is 17. The third-order valence-electron chi connectivity index (χ3n) is 11.5. The first-order valence-corrected chi connectivity index (χ1v) is 20.8. The first kappa shape index (κ1) is 47.3. The Kier molecular flexibility index (Phi) is 14.0. The van der Waals surface area contributed by atoms with Crippen LogP contribution in [0.15, 0.2) is 94.6 Å². The lowest BCUT2D eigenvalue weighted by Gasteiger charge is -2.57. The number of fused-ring (bicyclic) bond motifs is 2. The lowest BCUT2D eigenvalue weighted by molar-refractivity contribution is -0.398. The van der Waals surface area contributed by atoms with E-state index >= 15 is 0 Å². The number of aromatic nitrogens is 2. The van der Waals surface area contributed by atoms with Crippen molar-refractivity contribution in [2.45, 2.75) is 81.2 Å². The van der Waals surface area contributed by atoms with Crippen LogP contribution in [0, 0.1) is 13.8 Å². The van der Waals surface area contributed by atoms with Crippen LogP contribution >= 0.6 is 0 Å². The van der Waals surface area contributed by atoms with E-state index in [1.165, 1.54) is 59.7 Å². The van der Waals surface area contributed by atoms with E-state index in [-0.39, 0.29) is 47.4 Å². The highest BCUT2D eigenvalue weighted by Crippen LogP contribution is 2.45. The van der Waals surface area contributed by atoms with E-state index < -0.39 is 85.1 Å². The number of benzene rings is 3. The number of nitrogens with one attached hydrogen (secondary N) is 2. The zero-order valence-electron chi connectivity index (χ0n) is 35.6. The number of rotatable bonds is 19. The number of aliphatic hydroxyl groups is 6. The Hall–Kier alpha value is -6.62. The number of aromatic amines is 1. The molecule has 20 nitrogen and oxygen atoms in total. The molecule has 20 heteroatoms. The summed E-state index contributed by atoms with van der Waals surface area (Å²) in [4.78, 5) is 59.6. The van der Waals surface area contributed by atoms with E-state index in [0.29, 0.717) is 34.0 Å². The summed E-state index contributed by atoms with van der Waals surface area (Å²) in [5, 5.41) is 92.5. The van der Waals surface area contributed by atoms with Gasteiger partial charge in [-0.3, -0.25) is 10.1 Å². The second kappa shape index (κ2) is 19.5. The smallest absolute Gasteiger partial charge is 0.337 e. The third-order valence-corrected chi connectivity index (χ3v) is 11.5. The molecule has 4 heterocycles. The van der Waals surface area contributed by atoms with E-state index in [4.69, 9.17) is 23.5 Å². The molecule has 0 bridgehead atoms. The number of nitrogens with zero attached hydrogens (tertiary/aromatic N) is 1. The topological polar surface area (TPSA) is 313 Å². The standard InChI is InChI=1S/C46H49N3O17/c1-24-17-25(2)19-28(18-24)37-35-27(12-14-48-35)21-49(37)66-40-44(63-30-10-11-31-33(20-30)62-22-32(38(31)55)26-6-8-29(53)9-7-26)64-39(45(60,23-52)46(40,61)34(54)5-3-15-50)43(59)65-42(58)36(41(56)57)47-13-4-16-51/h6-12,14,16-22,34,36,39-40,43-44,47-48,50,52-54,59-61H,3-5,13,15,23H2,1-2H3,(H,56,57). The van der Waals surface area contributed by atoms with Gasteiger partial charge in [-0.15, -0.1) is 0 Å². The molecule has 1 aliphatic heterocycles. The number of carboxylic acid groups (broad SMARTS) is 1. The number of aryl methyl sites for hydroxylation is 2. The van der Waals surface area contributed by atoms with Crippen LogP contribution in [0.4, 0.5) is 0 Å². The summed E-state index contributed by atoms with van der Waals surface area (Å²) in [5.41, 5.74) is -3.02. The summed E-state index contributed by atoms with van der Waals surface area (Å²) in [5.74, 6) is -3.57. The van der Waals surface area contributed by atoms with Gasteiger partial charge in [-0.2, -0.15) is 4.73 Å². The van der Waals surface area contributed by atoms with Crippen LogP contribution in [0.1, 0.15) is 30.4 Å². The summed E-state index contributed by atoms with van der Waals surface area (Å²) in [6, 6.07) is 15.0. The van der Waals surface area contributed by atoms with Crippen molar-refractivity contribution in [2.75, 3.05) is 19.8 Å². The van der Waals surface area contributed by atoms with E-state index in [1.54, 1.807) is 12.3 Å². The SMILES string of the molecule is Cc1cc(C)cc(-c2c3[nH]ccc3cn2OC2C(Oc3ccc4c(=O)c(-c5ccc(O)cc5)coc4c3)OC(C(O)OC(=O)C(NCCC=O)C(=O)O)C(O)(CO)C2(O)C(O)CCCO)c1. The summed E-state index contributed by atoms with van der Waals surface area (Å²) >= 11 is 0. The second-order valence-corrected chi connectivity index (χ2v) is 16.0. The molecule has 350 valence electrons. The van der Waals surface area contributed by atoms with Crippen LogP contribution < -0.4 is 20.3 Å². The number of hydrogen-bond donors (Lipinski definition) is 10. The van der Waals surface area contributed by atoms with Crippen LogP contribution in [-0.4, -0.2) is 137 Å². The summed E-state index contributed by atoms with van der Waals surface area (Å²) in [6.07, 6.45) is -7.59. The Morgan fingerprint density at radius 3 is 2.39 bits per heavy atom. The largest absolute Gasteiger partial charge is 0.508 e. The highest BCUT2D eigenvalue weighted by Gasteiger charge is 2.72. The molecular formula is C46H49N3O17. The molecule has 66 heavy (non-hydrogen) atoms. The van der Waals surface area contributed by atoms with Crippen LogP contribution in [0.2, 0.25) is 0 Å². The van der Waals surface area contributed by atoms with Gasteiger partial charge in [0.05, 0.1) is 35.4 Å². The number of phenolic OH excluding ortho intramolecular Hbond substituents is 1. The van der Waals surface area contributed by atoms with Gasteiger partial charge >= 0.3 is 11.9 Å². The van der Waals surface area contributed by atoms with Crippen molar-refractivity contribution in [1.29, 1.82) is 0 Å². The predicted octanol–water partition coefficient (Wildman–Crippen LogP) is 1.41. The fraction of sp³-hybridized carbons (Fsp3) is 0.348. The normalized spacial score (nSPS) is 22.2. The van der Waals surface area contributed by atoms with Crippen molar-refractivity contribution in [2.24, 2.45) is 0 Å². The molecule has 3 aromatic heterocycles. The average molecular weight is 916 g/mol. The molecule has 0 spiro atoms. The molecule has 0 saturated carbocycles. The highest BCUT2D eigenvalue weighted by molar-refractivity contribution is 5.98. The number of phenols is 1. The Balaban J connectivity index is 1.37. The molecule has 0 radical (unpaired) electrons. The van der Waals surface area contributed by atoms with Gasteiger partial charge in [0.25, 0.3) is 0 Å². The second-order valence-electron chi connectivity index (χ2n) is 16.0. The molecule has 0 amide bonds. The van der Waals surface area contributed by atoms with Crippen molar-refractivity contribution >= 4 is 40.1 Å². The fourth-order valence-corrected chi connectivity index (χ4v) is 8.28. The number of carbonyl (C=O) groups is 3. The molecule has 3 aromatic carbocycles. The van der Waals surface area contributed by atoms with Crippen molar-refractivity contribution in [3.8, 4) is 33.9 Å². The van der Waals surface area contributed by atoms with Crippen molar-refractivity contribution < 1.29 is 78.7 Å². The number of aldehydes is 1. The molecule has 0 aliphatic carbocycles. The molecule has 8 atom stereocenters. The van der Waals surface area contributed by atoms with Crippen LogP contribution in [0.5, 0.6) is 11.5 Å². The van der Waals surface area contributed by atoms with E-state index in [2.05, 4.69) is 10.3 Å². The van der Waals surface area contributed by atoms with Gasteiger partial charge in [-0.1, -0.05) is 29.3 Å². The highest BCUT2D eigenvalue weighted by atomic mass is 16.8. The minimum Gasteiger partial charge on any atom is -0.508 e. The van der Waals surface area contributed by atoms with Gasteiger partial charge in [0.2, 0.25) is 24.7 Å². The van der Waals surface area contributed by atoms with E-state index in [0.717, 1.165) is 11.1 Å². The summed E-state index contributed by atoms with van der Waals surface area (Å²) < 4.78 is 24.6. The first-order valence-electron chi connectivity index (χ1n) is 20.8. The Bertz CT molecular complexity index is 2750. The molecule has 8 unspecified atom stereocenters. The van der Waals surface area contributed by atoms with Gasteiger partial charge in [0, 0.05) is 42.8 Å². The van der Waals surface area contributed by atoms with Gasteiger partial charge in [-0.25, -0.2) is 9.59 Å². The maximum atomic E-state index is 13.7. The van der Waals surface area contributed by atoms with E-state index in [9.17, 15) is 60.0 Å². The monoisotopic (exact) mass is 915 g/mol. The Morgan fingerprint density at radius 1 is 1.00 bits per heavy atom. The number of carboxylic acids is 1. The molecule has 1 saturated heterocycles. The Labute approximate surface area is 374 Å². The van der Waals surface area contributed by atoms with Crippen LogP contribution in [0.25, 0.3) is 44.3 Å². The van der Waals surface area contributed by atoms with E-state index in [1.807, 2.05) is 32.0 Å². The molecule has 10 N–H and O–H groups in total. The number of ether oxygens (including phenoxy) is 3. The third kappa shape index (κ3) is 9.00. The molecule has 7 rings (SSSR count). The molecular weight excluding hydrogens is 867 g/mol. The van der Waals surface area contributed by atoms with Crippen molar-refractivity contribution in [3.05, 3.63) is 107 Å². The zero-order chi connectivity index (χ0) is 47.5. The predicted molar refractivity (Wildman–Crippen MR) is 232 cm³/mol. The number of aliphatic carboxylic acids is 1. The Morgan fingerprint density at radius 2 is 1.73 bits per heavy atom. The quantitative estimate of drug-likeness (QED) is 0.0181. The molecule has 1 fully saturated rings. The minimum atomic E-state index is -3.27. The summed E-state index contributed by atoms with van der Waals surface area (Å²) in [6.45, 7) is 1.42. The average Bonchev–Trinajstić information content (AvgIpc) is 3.88.